The second kappa shape index (κ2) is 6.87. The summed E-state index contributed by atoms with van der Waals surface area (Å²) >= 11 is 1.62. The SMILES string of the molecule is COc1cc(OC)cc(C(=O)NC2CCN(c3nccs3)C2)c1. The van der Waals surface area contributed by atoms with Crippen LogP contribution in [0.15, 0.2) is 29.8 Å². The van der Waals surface area contributed by atoms with Gasteiger partial charge in [-0.1, -0.05) is 0 Å². The van der Waals surface area contributed by atoms with E-state index in [1.165, 1.54) is 0 Å². The second-order valence-electron chi connectivity index (χ2n) is 5.32. The number of rotatable bonds is 5. The highest BCUT2D eigenvalue weighted by atomic mass is 32.1. The van der Waals surface area contributed by atoms with Crippen LogP contribution in [0.2, 0.25) is 0 Å². The normalized spacial score (nSPS) is 17.1. The Kier molecular flexibility index (Phi) is 4.66. The van der Waals surface area contributed by atoms with E-state index in [0.29, 0.717) is 17.1 Å². The first-order chi connectivity index (χ1) is 11.2. The Balaban J connectivity index is 1.65. The van der Waals surface area contributed by atoms with Crippen molar-refractivity contribution < 1.29 is 14.3 Å². The van der Waals surface area contributed by atoms with Crippen molar-refractivity contribution in [1.82, 2.24) is 10.3 Å². The number of anilines is 1. The van der Waals surface area contributed by atoms with Crippen LogP contribution in [0.3, 0.4) is 0 Å². The minimum Gasteiger partial charge on any atom is -0.497 e. The molecular weight excluding hydrogens is 314 g/mol. The first-order valence-corrected chi connectivity index (χ1v) is 8.26. The number of methoxy groups -OCH3 is 2. The van der Waals surface area contributed by atoms with Gasteiger partial charge in [0.25, 0.3) is 5.91 Å². The molecule has 1 fully saturated rings. The van der Waals surface area contributed by atoms with Crippen LogP contribution in [-0.4, -0.2) is 44.2 Å². The Morgan fingerprint density at radius 1 is 1.30 bits per heavy atom. The van der Waals surface area contributed by atoms with Gasteiger partial charge in [0.05, 0.1) is 14.2 Å². The molecule has 1 unspecified atom stereocenters. The lowest BCUT2D eigenvalue weighted by Gasteiger charge is -2.16. The maximum atomic E-state index is 12.5. The number of benzene rings is 1. The lowest BCUT2D eigenvalue weighted by Crippen LogP contribution is -2.37. The summed E-state index contributed by atoms with van der Waals surface area (Å²) in [4.78, 5) is 19.0. The summed E-state index contributed by atoms with van der Waals surface area (Å²) in [6, 6.07) is 5.29. The standard InChI is InChI=1S/C16H19N3O3S/c1-21-13-7-11(8-14(9-13)22-2)15(20)18-12-3-5-19(10-12)16-17-4-6-23-16/h4,6-9,12H,3,5,10H2,1-2H3,(H,18,20). The Morgan fingerprint density at radius 3 is 2.65 bits per heavy atom. The number of aromatic nitrogens is 1. The van der Waals surface area contributed by atoms with E-state index in [2.05, 4.69) is 15.2 Å². The molecule has 3 rings (SSSR count). The quantitative estimate of drug-likeness (QED) is 0.908. The summed E-state index contributed by atoms with van der Waals surface area (Å²) < 4.78 is 10.4. The zero-order chi connectivity index (χ0) is 16.2. The highest BCUT2D eigenvalue weighted by molar-refractivity contribution is 7.13. The summed E-state index contributed by atoms with van der Waals surface area (Å²) in [6.45, 7) is 1.68. The maximum Gasteiger partial charge on any atom is 0.251 e. The average molecular weight is 333 g/mol. The van der Waals surface area contributed by atoms with Crippen molar-refractivity contribution >= 4 is 22.4 Å². The van der Waals surface area contributed by atoms with Gasteiger partial charge in [0.1, 0.15) is 11.5 Å². The zero-order valence-corrected chi connectivity index (χ0v) is 13.9. The van der Waals surface area contributed by atoms with E-state index >= 15 is 0 Å². The van der Waals surface area contributed by atoms with Crippen LogP contribution in [-0.2, 0) is 0 Å². The molecular formula is C16H19N3O3S. The van der Waals surface area contributed by atoms with Crippen LogP contribution in [0.4, 0.5) is 5.13 Å². The molecule has 1 aliphatic rings. The van der Waals surface area contributed by atoms with E-state index in [9.17, 15) is 4.79 Å². The summed E-state index contributed by atoms with van der Waals surface area (Å²) in [6.07, 6.45) is 2.71. The van der Waals surface area contributed by atoms with Crippen molar-refractivity contribution in [2.24, 2.45) is 0 Å². The van der Waals surface area contributed by atoms with Crippen molar-refractivity contribution in [2.75, 3.05) is 32.2 Å². The average Bonchev–Trinajstić information content (AvgIpc) is 3.25. The van der Waals surface area contributed by atoms with Gasteiger partial charge in [0.2, 0.25) is 0 Å². The Bertz CT molecular complexity index is 653. The monoisotopic (exact) mass is 333 g/mol. The van der Waals surface area contributed by atoms with E-state index < -0.39 is 0 Å². The minimum atomic E-state index is -0.117. The molecule has 2 heterocycles. The molecule has 1 saturated heterocycles. The second-order valence-corrected chi connectivity index (χ2v) is 6.19. The first-order valence-electron chi connectivity index (χ1n) is 7.38. The van der Waals surface area contributed by atoms with Crippen molar-refractivity contribution in [3.63, 3.8) is 0 Å². The number of nitrogens with one attached hydrogen (secondary N) is 1. The van der Waals surface area contributed by atoms with Gasteiger partial charge in [-0.05, 0) is 18.6 Å². The molecule has 0 bridgehead atoms. The van der Waals surface area contributed by atoms with E-state index in [4.69, 9.17) is 9.47 Å². The largest absolute Gasteiger partial charge is 0.497 e. The number of hydrogen-bond acceptors (Lipinski definition) is 6. The predicted octanol–water partition coefficient (Wildman–Crippen LogP) is 2.17. The fourth-order valence-corrected chi connectivity index (χ4v) is 3.31. The number of nitrogens with zero attached hydrogens (tertiary/aromatic N) is 2. The van der Waals surface area contributed by atoms with Gasteiger partial charge in [0.15, 0.2) is 5.13 Å². The summed E-state index contributed by atoms with van der Waals surface area (Å²) in [5.41, 5.74) is 0.536. The summed E-state index contributed by atoms with van der Waals surface area (Å²) in [7, 11) is 3.14. The van der Waals surface area contributed by atoms with Gasteiger partial charge in [0, 0.05) is 42.3 Å². The number of hydrogen-bond donors (Lipinski definition) is 1. The first kappa shape index (κ1) is 15.6. The van der Waals surface area contributed by atoms with Crippen molar-refractivity contribution in [2.45, 2.75) is 12.5 Å². The molecule has 1 amide bonds. The molecule has 0 radical (unpaired) electrons. The van der Waals surface area contributed by atoms with Crippen LogP contribution >= 0.6 is 11.3 Å². The molecule has 1 aliphatic heterocycles. The van der Waals surface area contributed by atoms with Gasteiger partial charge in [-0.3, -0.25) is 4.79 Å². The Labute approximate surface area is 139 Å². The predicted molar refractivity (Wildman–Crippen MR) is 89.7 cm³/mol. The highest BCUT2D eigenvalue weighted by Crippen LogP contribution is 2.24. The lowest BCUT2D eigenvalue weighted by molar-refractivity contribution is 0.0939. The Morgan fingerprint density at radius 2 is 2.04 bits per heavy atom. The highest BCUT2D eigenvalue weighted by Gasteiger charge is 2.25. The maximum absolute atomic E-state index is 12.5. The Hall–Kier alpha value is -2.28. The minimum absolute atomic E-state index is 0.114. The number of carbonyl (C=O) groups excluding carboxylic acids is 1. The third kappa shape index (κ3) is 3.56. The molecule has 2 aromatic rings. The molecule has 1 atom stereocenters. The number of amides is 1. The third-order valence-electron chi connectivity index (χ3n) is 3.83. The molecule has 23 heavy (non-hydrogen) atoms. The molecule has 1 N–H and O–H groups in total. The van der Waals surface area contributed by atoms with Gasteiger partial charge in [-0.25, -0.2) is 4.98 Å². The van der Waals surface area contributed by atoms with Crippen LogP contribution in [0.5, 0.6) is 11.5 Å². The van der Waals surface area contributed by atoms with Crippen LogP contribution in [0, 0.1) is 0 Å². The lowest BCUT2D eigenvalue weighted by atomic mass is 10.1. The van der Waals surface area contributed by atoms with Gasteiger partial charge >= 0.3 is 0 Å². The van der Waals surface area contributed by atoms with E-state index in [1.807, 2.05) is 5.38 Å². The van der Waals surface area contributed by atoms with Gasteiger partial charge in [-0.2, -0.15) is 0 Å². The van der Waals surface area contributed by atoms with Crippen molar-refractivity contribution in [3.05, 3.63) is 35.3 Å². The third-order valence-corrected chi connectivity index (χ3v) is 4.66. The molecule has 0 spiro atoms. The number of ether oxygens (including phenoxy) is 2. The molecule has 6 nitrogen and oxygen atoms in total. The fraction of sp³-hybridized carbons (Fsp3) is 0.375. The molecule has 1 aromatic carbocycles. The van der Waals surface area contributed by atoms with E-state index in [-0.39, 0.29) is 11.9 Å². The molecule has 1 aromatic heterocycles. The molecule has 0 aliphatic carbocycles. The summed E-state index contributed by atoms with van der Waals surface area (Å²) in [5.74, 6) is 1.09. The number of thiazole rings is 1. The van der Waals surface area contributed by atoms with Gasteiger partial charge < -0.3 is 19.7 Å². The topological polar surface area (TPSA) is 63.7 Å². The number of carbonyl (C=O) groups is 1. The van der Waals surface area contributed by atoms with E-state index in [1.54, 1.807) is 50.0 Å². The molecule has 122 valence electrons. The molecule has 7 heteroatoms. The zero-order valence-electron chi connectivity index (χ0n) is 13.1. The van der Waals surface area contributed by atoms with E-state index in [0.717, 1.165) is 24.6 Å². The summed E-state index contributed by atoms with van der Waals surface area (Å²) in [5, 5.41) is 6.04. The molecule has 0 saturated carbocycles. The fourth-order valence-electron chi connectivity index (χ4n) is 2.63. The van der Waals surface area contributed by atoms with Crippen LogP contribution in [0.25, 0.3) is 0 Å². The van der Waals surface area contributed by atoms with Crippen molar-refractivity contribution in [1.29, 1.82) is 0 Å². The van der Waals surface area contributed by atoms with Crippen LogP contribution in [0.1, 0.15) is 16.8 Å². The van der Waals surface area contributed by atoms with Crippen LogP contribution < -0.4 is 19.7 Å². The smallest absolute Gasteiger partial charge is 0.251 e. The van der Waals surface area contributed by atoms with Crippen molar-refractivity contribution in [3.8, 4) is 11.5 Å². The van der Waals surface area contributed by atoms with Gasteiger partial charge in [-0.15, -0.1) is 11.3 Å².